The summed E-state index contributed by atoms with van der Waals surface area (Å²) in [6.45, 7) is 14.5. The van der Waals surface area contributed by atoms with Gasteiger partial charge in [-0.1, -0.05) is 0 Å². The minimum Gasteiger partial charge on any atom is -1.00 e. The second-order valence-corrected chi connectivity index (χ2v) is 25.2. The molecule has 0 atom stereocenters. The standard InChI is InChI=1S/2C7H9.C2H7Si.Zr.2H/c2*1-6-4-3-5-7(6)2;1-3-2;;;/h2*4H,3H2,1-2H3;3H,1-2H3;;;/q;;;;2*-1. The van der Waals surface area contributed by atoms with Crippen LogP contribution >= 0.6 is 0 Å². The van der Waals surface area contributed by atoms with Gasteiger partial charge in [0, 0.05) is 0 Å². The van der Waals surface area contributed by atoms with Crippen molar-refractivity contribution in [3.05, 3.63) is 41.0 Å². The monoisotopic (exact) mass is 337 g/mol. The average molecular weight is 339 g/mol. The van der Waals surface area contributed by atoms with Crippen LogP contribution < -0.4 is 0 Å². The molecule has 0 aliphatic heterocycles. The second-order valence-electron chi connectivity index (χ2n) is 5.96. The Morgan fingerprint density at radius 1 is 0.889 bits per heavy atom. The van der Waals surface area contributed by atoms with E-state index >= 15 is 0 Å². The first-order chi connectivity index (χ1) is 8.43. The maximum atomic E-state index is 2.59. The molecular weight excluding hydrogens is 311 g/mol. The van der Waals surface area contributed by atoms with Crippen molar-refractivity contribution in [3.8, 4) is 0 Å². The number of hydrogen-bond acceptors (Lipinski definition) is 0. The molecule has 0 nitrogen and oxygen atoms in total. The third kappa shape index (κ3) is 2.51. The zero-order valence-corrected chi connectivity index (χ0v) is 16.3. The maximum Gasteiger partial charge on any atom is -1.00 e. The van der Waals surface area contributed by atoms with Crippen molar-refractivity contribution in [2.45, 2.75) is 53.6 Å². The Kier molecular flexibility index (Phi) is 4.49. The molecule has 0 saturated carbocycles. The van der Waals surface area contributed by atoms with E-state index in [4.69, 9.17) is 0 Å². The van der Waals surface area contributed by atoms with Crippen LogP contribution in [0.15, 0.2) is 41.0 Å². The Morgan fingerprint density at radius 2 is 1.28 bits per heavy atom. The molecule has 0 aromatic heterocycles. The molecular formula is C16H27SiZr-2. The number of rotatable bonds is 3. The fourth-order valence-electron chi connectivity index (χ4n) is 3.10. The van der Waals surface area contributed by atoms with Gasteiger partial charge in [0.05, 0.1) is 0 Å². The van der Waals surface area contributed by atoms with Crippen LogP contribution in [-0.4, -0.2) is 5.92 Å². The van der Waals surface area contributed by atoms with Crippen molar-refractivity contribution in [1.82, 2.24) is 0 Å². The van der Waals surface area contributed by atoms with Crippen LogP contribution in [0.1, 0.15) is 43.4 Å². The summed E-state index contributed by atoms with van der Waals surface area (Å²) >= 11 is -1.47. The van der Waals surface area contributed by atoms with Gasteiger partial charge in [0.25, 0.3) is 0 Å². The minimum absolute atomic E-state index is 0. The van der Waals surface area contributed by atoms with Gasteiger partial charge in [0.2, 0.25) is 0 Å². The van der Waals surface area contributed by atoms with E-state index in [1.807, 2.05) is 6.56 Å². The molecule has 0 aromatic carbocycles. The predicted octanol–water partition coefficient (Wildman–Crippen LogP) is 5.06. The first-order valence-electron chi connectivity index (χ1n) is 7.04. The van der Waals surface area contributed by atoms with Crippen molar-refractivity contribution in [2.75, 3.05) is 0 Å². The van der Waals surface area contributed by atoms with Crippen LogP contribution in [-0.2, 0) is 20.9 Å². The summed E-state index contributed by atoms with van der Waals surface area (Å²) in [7, 11) is 0. The molecule has 0 radical (unpaired) electrons. The molecule has 18 heavy (non-hydrogen) atoms. The molecule has 0 heterocycles. The van der Waals surface area contributed by atoms with Gasteiger partial charge >= 0.3 is 121 Å². The van der Waals surface area contributed by atoms with E-state index in [2.05, 4.69) is 52.9 Å². The average Bonchev–Trinajstić information content (AvgIpc) is 2.79. The molecule has 0 spiro atoms. The summed E-state index contributed by atoms with van der Waals surface area (Å²) in [6.07, 6.45) is 7.50. The van der Waals surface area contributed by atoms with Crippen LogP contribution in [0.5, 0.6) is 0 Å². The number of hydrogen-bond donors (Lipinski definition) is 0. The van der Waals surface area contributed by atoms with Crippen LogP contribution in [0.4, 0.5) is 0 Å². The summed E-state index contributed by atoms with van der Waals surface area (Å²) < 4.78 is 3.85. The fraction of sp³-hybridized carbons (Fsp3) is 0.500. The first-order valence-corrected chi connectivity index (χ1v) is 16.6. The summed E-state index contributed by atoms with van der Waals surface area (Å²) in [4.78, 5) is 0. The summed E-state index contributed by atoms with van der Waals surface area (Å²) in [5.74, 6) is -0.509. The van der Waals surface area contributed by atoms with E-state index in [9.17, 15) is 0 Å². The molecule has 2 heteroatoms. The van der Waals surface area contributed by atoms with Crippen LogP contribution in [0.2, 0.25) is 13.1 Å². The Hall–Kier alpha value is 0.0600. The SMILES string of the molecule is CC1=CC[C]([Zr]([C]2=C(C)C(C)=CC2)[SiH](C)C)=C1C.[H-].[H-]. The van der Waals surface area contributed by atoms with Gasteiger partial charge in [-0.05, 0) is 0 Å². The largest absolute Gasteiger partial charge is 1.00 e. The topological polar surface area (TPSA) is 0 Å². The van der Waals surface area contributed by atoms with E-state index < -0.39 is 26.8 Å². The summed E-state index contributed by atoms with van der Waals surface area (Å²) in [6, 6.07) is 0. The van der Waals surface area contributed by atoms with E-state index in [0.717, 1.165) is 0 Å². The predicted molar refractivity (Wildman–Crippen MR) is 83.2 cm³/mol. The molecule has 0 saturated heterocycles. The van der Waals surface area contributed by atoms with Crippen molar-refractivity contribution in [3.63, 3.8) is 0 Å². The number of allylic oxidation sites excluding steroid dienone is 8. The molecule has 2 aliphatic carbocycles. The third-order valence-electron chi connectivity index (χ3n) is 4.54. The van der Waals surface area contributed by atoms with Crippen LogP contribution in [0.3, 0.4) is 0 Å². The molecule has 0 unspecified atom stereocenters. The molecule has 0 fully saturated rings. The van der Waals surface area contributed by atoms with Gasteiger partial charge in [-0.25, -0.2) is 0 Å². The molecule has 0 N–H and O–H groups in total. The van der Waals surface area contributed by atoms with Crippen molar-refractivity contribution < 1.29 is 23.8 Å². The second kappa shape index (κ2) is 5.59. The summed E-state index contributed by atoms with van der Waals surface area (Å²) in [5, 5.41) is 0. The molecule has 0 aromatic rings. The maximum absolute atomic E-state index is 2.59. The van der Waals surface area contributed by atoms with Gasteiger partial charge in [-0.15, -0.1) is 0 Å². The van der Waals surface area contributed by atoms with Gasteiger partial charge in [-0.3, -0.25) is 0 Å². The smallest absolute Gasteiger partial charge is 1.00 e. The van der Waals surface area contributed by atoms with Gasteiger partial charge < -0.3 is 2.85 Å². The van der Waals surface area contributed by atoms with E-state index in [0.29, 0.717) is 0 Å². The van der Waals surface area contributed by atoms with E-state index in [1.54, 1.807) is 22.3 Å². The van der Waals surface area contributed by atoms with Crippen LogP contribution in [0.25, 0.3) is 0 Å². The van der Waals surface area contributed by atoms with Crippen molar-refractivity contribution >= 4 is 5.92 Å². The Morgan fingerprint density at radius 3 is 1.50 bits per heavy atom. The fourth-order valence-corrected chi connectivity index (χ4v) is 24.2. The normalized spacial score (nSPS) is 19.9. The van der Waals surface area contributed by atoms with Crippen LogP contribution in [0, 0.1) is 0 Å². The van der Waals surface area contributed by atoms with Crippen molar-refractivity contribution in [2.24, 2.45) is 0 Å². The quantitative estimate of drug-likeness (QED) is 0.631. The zero-order valence-electron chi connectivity index (χ0n) is 14.6. The summed E-state index contributed by atoms with van der Waals surface area (Å²) in [5.41, 5.74) is 6.43. The molecule has 101 valence electrons. The zero-order chi connectivity index (χ0) is 13.4. The minimum atomic E-state index is -1.47. The molecule has 0 bridgehead atoms. The van der Waals surface area contributed by atoms with Gasteiger partial charge in [-0.2, -0.15) is 0 Å². The van der Waals surface area contributed by atoms with E-state index in [1.165, 1.54) is 12.8 Å². The first kappa shape index (κ1) is 14.5. The Labute approximate surface area is 124 Å². The van der Waals surface area contributed by atoms with E-state index in [-0.39, 0.29) is 2.85 Å². The molecule has 0 amide bonds. The van der Waals surface area contributed by atoms with Gasteiger partial charge in [0.15, 0.2) is 0 Å². The Balaban J connectivity index is 0.00000180. The van der Waals surface area contributed by atoms with Crippen molar-refractivity contribution in [1.29, 1.82) is 0 Å². The molecule has 2 aliphatic rings. The molecule has 2 rings (SSSR count). The van der Waals surface area contributed by atoms with Gasteiger partial charge in [0.1, 0.15) is 0 Å². The third-order valence-corrected chi connectivity index (χ3v) is 24.4. The Bertz CT molecular complexity index is 457.